The van der Waals surface area contributed by atoms with Crippen LogP contribution in [-0.2, 0) is 0 Å². The maximum atomic E-state index is 13.1. The second-order valence-corrected chi connectivity index (χ2v) is 4.45. The second kappa shape index (κ2) is 4.91. The molecule has 0 radical (unpaired) electrons. The fourth-order valence-electron chi connectivity index (χ4n) is 2.29. The van der Waals surface area contributed by atoms with Crippen molar-refractivity contribution in [3.63, 3.8) is 0 Å². The van der Waals surface area contributed by atoms with Gasteiger partial charge in [-0.05, 0) is 50.6 Å². The molecule has 1 aromatic carbocycles. The predicted molar refractivity (Wildman–Crippen MR) is 60.2 cm³/mol. The highest BCUT2D eigenvalue weighted by Gasteiger charge is 2.18. The van der Waals surface area contributed by atoms with Crippen LogP contribution in [0.1, 0.15) is 37.8 Å². The van der Waals surface area contributed by atoms with Crippen molar-refractivity contribution in [2.24, 2.45) is 0 Å². The van der Waals surface area contributed by atoms with Crippen LogP contribution >= 0.6 is 0 Å². The molecular formula is C13H17F2N. The molecule has 3 heteroatoms. The van der Waals surface area contributed by atoms with Crippen LogP contribution < -0.4 is 0 Å². The molecule has 0 N–H and O–H groups in total. The van der Waals surface area contributed by atoms with E-state index in [0.29, 0.717) is 0 Å². The maximum Gasteiger partial charge on any atom is 0.159 e. The van der Waals surface area contributed by atoms with Crippen molar-refractivity contribution in [2.75, 3.05) is 13.1 Å². The summed E-state index contributed by atoms with van der Waals surface area (Å²) in [6.45, 7) is 4.17. The molecule has 0 aromatic heterocycles. The summed E-state index contributed by atoms with van der Waals surface area (Å²) in [7, 11) is 0. The third kappa shape index (κ3) is 2.40. The average molecular weight is 225 g/mol. The first-order chi connectivity index (χ1) is 7.68. The Balaban J connectivity index is 2.12. The lowest BCUT2D eigenvalue weighted by atomic mass is 10.0. The van der Waals surface area contributed by atoms with E-state index in [4.69, 9.17) is 0 Å². The quantitative estimate of drug-likeness (QED) is 0.744. The van der Waals surface area contributed by atoms with Crippen LogP contribution in [0.4, 0.5) is 8.78 Å². The van der Waals surface area contributed by atoms with Gasteiger partial charge in [-0.1, -0.05) is 12.5 Å². The zero-order valence-electron chi connectivity index (χ0n) is 9.55. The SMILES string of the molecule is CC(c1ccc(F)c(F)c1)N1CCCCC1. The van der Waals surface area contributed by atoms with E-state index in [2.05, 4.69) is 11.8 Å². The van der Waals surface area contributed by atoms with Crippen molar-refractivity contribution in [2.45, 2.75) is 32.2 Å². The van der Waals surface area contributed by atoms with Crippen molar-refractivity contribution in [1.29, 1.82) is 0 Å². The Hall–Kier alpha value is -0.960. The molecule has 2 rings (SSSR count). The molecule has 0 amide bonds. The van der Waals surface area contributed by atoms with E-state index < -0.39 is 11.6 Å². The van der Waals surface area contributed by atoms with Crippen molar-refractivity contribution in [3.05, 3.63) is 35.4 Å². The number of rotatable bonds is 2. The highest BCUT2D eigenvalue weighted by atomic mass is 19.2. The summed E-state index contributed by atoms with van der Waals surface area (Å²) in [5, 5.41) is 0. The number of nitrogens with zero attached hydrogens (tertiary/aromatic N) is 1. The fourth-order valence-corrected chi connectivity index (χ4v) is 2.29. The minimum absolute atomic E-state index is 0.176. The highest BCUT2D eigenvalue weighted by molar-refractivity contribution is 5.21. The molecule has 1 aliphatic rings. The third-order valence-corrected chi connectivity index (χ3v) is 3.36. The van der Waals surface area contributed by atoms with Crippen LogP contribution in [0.15, 0.2) is 18.2 Å². The van der Waals surface area contributed by atoms with Gasteiger partial charge in [0.1, 0.15) is 0 Å². The van der Waals surface area contributed by atoms with Gasteiger partial charge in [-0.25, -0.2) is 8.78 Å². The Morgan fingerprint density at radius 3 is 2.38 bits per heavy atom. The van der Waals surface area contributed by atoms with Gasteiger partial charge < -0.3 is 0 Å². The van der Waals surface area contributed by atoms with Gasteiger partial charge in [0, 0.05) is 6.04 Å². The molecule has 0 aliphatic carbocycles. The fraction of sp³-hybridized carbons (Fsp3) is 0.538. The Labute approximate surface area is 95.1 Å². The molecular weight excluding hydrogens is 208 g/mol. The first-order valence-electron chi connectivity index (χ1n) is 5.87. The summed E-state index contributed by atoms with van der Waals surface area (Å²) in [4.78, 5) is 2.33. The highest BCUT2D eigenvalue weighted by Crippen LogP contribution is 2.24. The first-order valence-corrected chi connectivity index (χ1v) is 5.87. The summed E-state index contributed by atoms with van der Waals surface area (Å²) >= 11 is 0. The van der Waals surface area contributed by atoms with Crippen LogP contribution in [0.2, 0.25) is 0 Å². The van der Waals surface area contributed by atoms with E-state index >= 15 is 0 Å². The Morgan fingerprint density at radius 2 is 1.75 bits per heavy atom. The van der Waals surface area contributed by atoms with Crippen LogP contribution in [0, 0.1) is 11.6 Å². The molecule has 1 nitrogen and oxygen atoms in total. The van der Waals surface area contributed by atoms with Gasteiger partial charge >= 0.3 is 0 Å². The molecule has 1 atom stereocenters. The summed E-state index contributed by atoms with van der Waals surface area (Å²) in [5.74, 6) is -1.52. The van der Waals surface area contributed by atoms with Crippen LogP contribution in [0.3, 0.4) is 0 Å². The number of likely N-dealkylation sites (tertiary alicyclic amines) is 1. The Morgan fingerprint density at radius 1 is 1.06 bits per heavy atom. The maximum absolute atomic E-state index is 13.1. The van der Waals surface area contributed by atoms with Gasteiger partial charge in [0.05, 0.1) is 0 Å². The van der Waals surface area contributed by atoms with E-state index in [0.717, 1.165) is 18.7 Å². The zero-order valence-corrected chi connectivity index (χ0v) is 9.55. The molecule has 0 spiro atoms. The van der Waals surface area contributed by atoms with Gasteiger partial charge in [-0.3, -0.25) is 4.90 Å². The summed E-state index contributed by atoms with van der Waals surface area (Å²) < 4.78 is 25.9. The molecule has 1 heterocycles. The average Bonchev–Trinajstić information content (AvgIpc) is 2.33. The second-order valence-electron chi connectivity index (χ2n) is 4.45. The van der Waals surface area contributed by atoms with Crippen molar-refractivity contribution in [1.82, 2.24) is 4.90 Å². The number of piperidine rings is 1. The van der Waals surface area contributed by atoms with Crippen molar-refractivity contribution < 1.29 is 8.78 Å². The van der Waals surface area contributed by atoms with Gasteiger partial charge in [-0.2, -0.15) is 0 Å². The molecule has 16 heavy (non-hydrogen) atoms. The lowest BCUT2D eigenvalue weighted by Crippen LogP contribution is -2.32. The van der Waals surface area contributed by atoms with Crippen molar-refractivity contribution in [3.8, 4) is 0 Å². The minimum Gasteiger partial charge on any atom is -0.297 e. The summed E-state index contributed by atoms with van der Waals surface area (Å²) in [6.07, 6.45) is 3.68. The minimum atomic E-state index is -0.769. The molecule has 1 saturated heterocycles. The van der Waals surface area contributed by atoms with Gasteiger partial charge in [0.2, 0.25) is 0 Å². The van der Waals surface area contributed by atoms with Crippen LogP contribution in [0.5, 0.6) is 0 Å². The van der Waals surface area contributed by atoms with Gasteiger partial charge in [0.15, 0.2) is 11.6 Å². The summed E-state index contributed by atoms with van der Waals surface area (Å²) in [5.41, 5.74) is 0.862. The van der Waals surface area contributed by atoms with E-state index in [1.807, 2.05) is 0 Å². The largest absolute Gasteiger partial charge is 0.297 e. The number of benzene rings is 1. The Kier molecular flexibility index (Phi) is 3.54. The predicted octanol–water partition coefficient (Wildman–Crippen LogP) is 3.51. The standard InChI is InChI=1S/C13H17F2N/c1-10(16-7-3-2-4-8-16)11-5-6-12(14)13(15)9-11/h5-6,9-10H,2-4,7-8H2,1H3. The topological polar surface area (TPSA) is 3.24 Å². The number of halogens is 2. The zero-order chi connectivity index (χ0) is 11.5. The monoisotopic (exact) mass is 225 g/mol. The molecule has 1 unspecified atom stereocenters. The summed E-state index contributed by atoms with van der Waals surface area (Å²) in [6, 6.07) is 4.38. The smallest absolute Gasteiger partial charge is 0.159 e. The molecule has 1 fully saturated rings. The lowest BCUT2D eigenvalue weighted by Gasteiger charge is -2.32. The Bertz CT molecular complexity index is 359. The number of hydrogen-bond donors (Lipinski definition) is 0. The van der Waals surface area contributed by atoms with E-state index in [1.165, 1.54) is 31.4 Å². The molecule has 0 saturated carbocycles. The molecule has 1 aliphatic heterocycles. The van der Waals surface area contributed by atoms with Crippen LogP contribution in [0.25, 0.3) is 0 Å². The van der Waals surface area contributed by atoms with Gasteiger partial charge in [-0.15, -0.1) is 0 Å². The van der Waals surface area contributed by atoms with Gasteiger partial charge in [0.25, 0.3) is 0 Å². The van der Waals surface area contributed by atoms with Crippen molar-refractivity contribution >= 4 is 0 Å². The normalized spacial score (nSPS) is 19.7. The molecule has 0 bridgehead atoms. The lowest BCUT2D eigenvalue weighted by molar-refractivity contribution is 0.174. The van der Waals surface area contributed by atoms with E-state index in [-0.39, 0.29) is 6.04 Å². The molecule has 88 valence electrons. The first kappa shape index (κ1) is 11.5. The third-order valence-electron chi connectivity index (χ3n) is 3.36. The number of hydrogen-bond acceptors (Lipinski definition) is 1. The van der Waals surface area contributed by atoms with Crippen LogP contribution in [-0.4, -0.2) is 18.0 Å². The van der Waals surface area contributed by atoms with E-state index in [1.54, 1.807) is 6.07 Å². The molecule has 1 aromatic rings. The van der Waals surface area contributed by atoms with E-state index in [9.17, 15) is 8.78 Å².